The second-order valence-electron chi connectivity index (χ2n) is 9.01. The van der Waals surface area contributed by atoms with Gasteiger partial charge in [0, 0.05) is 17.6 Å². The SMILES string of the molecule is C#CN(C(=O)C(C)NC(=O)OC(C)(C)C)C(C(=O)NC1CCCCC1)c1ccccc1O. The Kier molecular flexibility index (Phi) is 8.53. The first-order valence-corrected chi connectivity index (χ1v) is 10.9. The second kappa shape index (κ2) is 10.9. The third-order valence-corrected chi connectivity index (χ3v) is 5.17. The topological polar surface area (TPSA) is 108 Å². The standard InChI is InChI=1S/C24H33N3O5/c1-6-27(22(30)16(2)25-23(31)32-24(3,4)5)20(18-14-10-11-15-19(18)28)21(29)26-17-12-8-7-9-13-17/h1,10-11,14-17,20,28H,7-9,12-13H2,2-5H3,(H,25,31)(H,26,29). The number of hydrogen-bond donors (Lipinski definition) is 3. The number of ether oxygens (including phenoxy) is 1. The number of terminal acetylenes is 1. The highest BCUT2D eigenvalue weighted by atomic mass is 16.6. The van der Waals surface area contributed by atoms with Crippen LogP contribution in [0.2, 0.25) is 0 Å². The highest BCUT2D eigenvalue weighted by Gasteiger charge is 2.36. The summed E-state index contributed by atoms with van der Waals surface area (Å²) in [6, 6.07) is 6.18. The molecule has 2 rings (SSSR count). The molecule has 1 aliphatic carbocycles. The smallest absolute Gasteiger partial charge is 0.408 e. The van der Waals surface area contributed by atoms with Crippen molar-refractivity contribution in [3.8, 4) is 18.2 Å². The van der Waals surface area contributed by atoms with Crippen molar-refractivity contribution >= 4 is 17.9 Å². The predicted molar refractivity (Wildman–Crippen MR) is 120 cm³/mol. The van der Waals surface area contributed by atoms with Gasteiger partial charge in [0.2, 0.25) is 5.91 Å². The molecule has 2 atom stereocenters. The van der Waals surface area contributed by atoms with Crippen molar-refractivity contribution in [1.82, 2.24) is 15.5 Å². The van der Waals surface area contributed by atoms with Crippen LogP contribution >= 0.6 is 0 Å². The fourth-order valence-electron chi connectivity index (χ4n) is 3.66. The Hall–Kier alpha value is -3.21. The highest BCUT2D eigenvalue weighted by Crippen LogP contribution is 2.30. The Bertz CT molecular complexity index is 865. The van der Waals surface area contributed by atoms with Gasteiger partial charge in [-0.05, 0) is 46.6 Å². The molecule has 1 aliphatic rings. The quantitative estimate of drug-likeness (QED) is 0.462. The number of alkyl carbamates (subject to hydrolysis) is 1. The minimum Gasteiger partial charge on any atom is -0.508 e. The summed E-state index contributed by atoms with van der Waals surface area (Å²) in [6.45, 7) is 6.57. The first-order valence-electron chi connectivity index (χ1n) is 10.9. The van der Waals surface area contributed by atoms with E-state index in [1.165, 1.54) is 13.0 Å². The van der Waals surface area contributed by atoms with Gasteiger partial charge in [-0.1, -0.05) is 43.9 Å². The van der Waals surface area contributed by atoms with Crippen LogP contribution < -0.4 is 10.6 Å². The van der Waals surface area contributed by atoms with Crippen molar-refractivity contribution in [2.75, 3.05) is 0 Å². The predicted octanol–water partition coefficient (Wildman–Crippen LogP) is 3.21. The van der Waals surface area contributed by atoms with Crippen LogP contribution in [0.1, 0.15) is 71.4 Å². The molecule has 1 aromatic carbocycles. The van der Waals surface area contributed by atoms with Crippen molar-refractivity contribution in [2.45, 2.75) is 83.5 Å². The molecule has 8 heteroatoms. The van der Waals surface area contributed by atoms with Gasteiger partial charge in [-0.2, -0.15) is 0 Å². The number of phenols is 1. The Labute approximate surface area is 189 Å². The molecule has 0 radical (unpaired) electrons. The molecule has 0 heterocycles. The molecule has 32 heavy (non-hydrogen) atoms. The summed E-state index contributed by atoms with van der Waals surface area (Å²) in [6.07, 6.45) is 9.72. The summed E-state index contributed by atoms with van der Waals surface area (Å²) in [5.41, 5.74) is -0.534. The summed E-state index contributed by atoms with van der Waals surface area (Å²) < 4.78 is 5.19. The third-order valence-electron chi connectivity index (χ3n) is 5.17. The van der Waals surface area contributed by atoms with Gasteiger partial charge in [0.15, 0.2) is 6.04 Å². The molecule has 3 amide bonds. The van der Waals surface area contributed by atoms with E-state index >= 15 is 0 Å². The van der Waals surface area contributed by atoms with E-state index < -0.39 is 35.6 Å². The summed E-state index contributed by atoms with van der Waals surface area (Å²) in [5.74, 6) is -1.31. The Morgan fingerprint density at radius 1 is 1.19 bits per heavy atom. The lowest BCUT2D eigenvalue weighted by molar-refractivity contribution is -0.138. The number of nitrogens with one attached hydrogen (secondary N) is 2. The number of phenolic OH excluding ortho intramolecular Hbond substituents is 1. The molecular formula is C24H33N3O5. The number of rotatable bonds is 6. The number of para-hydroxylation sites is 1. The van der Waals surface area contributed by atoms with Crippen molar-refractivity contribution < 1.29 is 24.2 Å². The molecule has 8 nitrogen and oxygen atoms in total. The summed E-state index contributed by atoms with van der Waals surface area (Å²) in [5, 5.41) is 15.8. The zero-order valence-electron chi connectivity index (χ0n) is 19.2. The Morgan fingerprint density at radius 3 is 2.38 bits per heavy atom. The van der Waals surface area contributed by atoms with E-state index in [1.54, 1.807) is 39.0 Å². The zero-order valence-corrected chi connectivity index (χ0v) is 19.2. The summed E-state index contributed by atoms with van der Waals surface area (Å²) >= 11 is 0. The van der Waals surface area contributed by atoms with Crippen molar-refractivity contribution in [3.63, 3.8) is 0 Å². The van der Waals surface area contributed by atoms with E-state index in [2.05, 4.69) is 16.7 Å². The lowest BCUT2D eigenvalue weighted by Crippen LogP contribution is -2.51. The van der Waals surface area contributed by atoms with Crippen LogP contribution in [0.3, 0.4) is 0 Å². The van der Waals surface area contributed by atoms with Crippen molar-refractivity contribution in [3.05, 3.63) is 29.8 Å². The summed E-state index contributed by atoms with van der Waals surface area (Å²) in [7, 11) is 0. The maximum Gasteiger partial charge on any atom is 0.408 e. The van der Waals surface area contributed by atoms with E-state index in [1.807, 2.05) is 0 Å². The van der Waals surface area contributed by atoms with Gasteiger partial charge >= 0.3 is 6.09 Å². The monoisotopic (exact) mass is 443 g/mol. The largest absolute Gasteiger partial charge is 0.508 e. The number of benzene rings is 1. The zero-order chi connectivity index (χ0) is 23.9. The molecule has 0 aromatic heterocycles. The number of aromatic hydroxyl groups is 1. The average molecular weight is 444 g/mol. The molecule has 2 unspecified atom stereocenters. The molecular weight excluding hydrogens is 410 g/mol. The molecule has 1 saturated carbocycles. The number of hydrogen-bond acceptors (Lipinski definition) is 5. The van der Waals surface area contributed by atoms with Crippen LogP contribution in [0, 0.1) is 12.5 Å². The maximum absolute atomic E-state index is 13.3. The second-order valence-corrected chi connectivity index (χ2v) is 9.01. The molecule has 0 spiro atoms. The van der Waals surface area contributed by atoms with Gasteiger partial charge in [0.05, 0.1) is 0 Å². The average Bonchev–Trinajstić information content (AvgIpc) is 2.71. The van der Waals surface area contributed by atoms with Gasteiger partial charge in [0.25, 0.3) is 5.91 Å². The van der Waals surface area contributed by atoms with Crippen LogP contribution in [0.5, 0.6) is 5.75 Å². The third kappa shape index (κ3) is 6.91. The molecule has 0 bridgehead atoms. The number of carbonyl (C=O) groups excluding carboxylic acids is 3. The minimum atomic E-state index is -1.25. The van der Waals surface area contributed by atoms with E-state index in [9.17, 15) is 19.5 Å². The van der Waals surface area contributed by atoms with Gasteiger partial charge in [-0.15, -0.1) is 0 Å². The van der Waals surface area contributed by atoms with Crippen molar-refractivity contribution in [2.24, 2.45) is 0 Å². The molecule has 1 fully saturated rings. The van der Waals surface area contributed by atoms with E-state index in [0.717, 1.165) is 37.0 Å². The van der Waals surface area contributed by atoms with Crippen LogP contribution in [-0.4, -0.2) is 45.6 Å². The Morgan fingerprint density at radius 2 is 1.81 bits per heavy atom. The molecule has 174 valence electrons. The number of carbonyl (C=O) groups is 3. The highest BCUT2D eigenvalue weighted by molar-refractivity contribution is 5.93. The molecule has 1 aromatic rings. The number of amides is 3. The fraction of sp³-hybridized carbons (Fsp3) is 0.542. The molecule has 0 saturated heterocycles. The van der Waals surface area contributed by atoms with Gasteiger partial charge in [-0.3, -0.25) is 14.5 Å². The lowest BCUT2D eigenvalue weighted by atomic mass is 9.94. The van der Waals surface area contributed by atoms with Crippen LogP contribution in [0.15, 0.2) is 24.3 Å². The Balaban J connectivity index is 2.28. The lowest BCUT2D eigenvalue weighted by Gasteiger charge is -2.31. The first kappa shape index (κ1) is 25.1. The number of nitrogens with zero attached hydrogens (tertiary/aromatic N) is 1. The fourth-order valence-corrected chi connectivity index (χ4v) is 3.66. The van der Waals surface area contributed by atoms with E-state index in [-0.39, 0.29) is 17.4 Å². The van der Waals surface area contributed by atoms with Gasteiger partial charge < -0.3 is 20.5 Å². The summed E-state index contributed by atoms with van der Waals surface area (Å²) in [4.78, 5) is 39.4. The first-order chi connectivity index (χ1) is 15.0. The molecule has 3 N–H and O–H groups in total. The van der Waals surface area contributed by atoms with Gasteiger partial charge in [-0.25, -0.2) is 4.79 Å². The minimum absolute atomic E-state index is 0.0170. The van der Waals surface area contributed by atoms with Crippen molar-refractivity contribution in [1.29, 1.82) is 0 Å². The van der Waals surface area contributed by atoms with E-state index in [0.29, 0.717) is 0 Å². The maximum atomic E-state index is 13.3. The van der Waals surface area contributed by atoms with Crippen LogP contribution in [0.25, 0.3) is 0 Å². The van der Waals surface area contributed by atoms with Crippen LogP contribution in [-0.2, 0) is 14.3 Å². The van der Waals surface area contributed by atoms with Gasteiger partial charge in [0.1, 0.15) is 17.4 Å². The van der Waals surface area contributed by atoms with Crippen LogP contribution in [0.4, 0.5) is 4.79 Å². The normalized spacial score (nSPS) is 16.2. The molecule has 0 aliphatic heterocycles. The van der Waals surface area contributed by atoms with E-state index in [4.69, 9.17) is 11.2 Å².